The van der Waals surface area contributed by atoms with Crippen LogP contribution in [-0.2, 0) is 7.05 Å². The lowest BCUT2D eigenvalue weighted by atomic mass is 9.88. The van der Waals surface area contributed by atoms with Crippen LogP contribution < -0.4 is 10.1 Å². The summed E-state index contributed by atoms with van der Waals surface area (Å²) < 4.78 is 36.3. The van der Waals surface area contributed by atoms with Crippen molar-refractivity contribution in [2.24, 2.45) is 7.05 Å². The Hall–Kier alpha value is -4.21. The molecule has 1 atom stereocenters. The van der Waals surface area contributed by atoms with Gasteiger partial charge in [0.05, 0.1) is 18.9 Å². The van der Waals surface area contributed by atoms with E-state index in [1.807, 2.05) is 6.92 Å². The summed E-state index contributed by atoms with van der Waals surface area (Å²) in [5.41, 5.74) is 1.42. The largest absolute Gasteiger partial charge is 0.496 e. The summed E-state index contributed by atoms with van der Waals surface area (Å²) in [6.45, 7) is 2.00. The first kappa shape index (κ1) is 24.9. The van der Waals surface area contributed by atoms with Gasteiger partial charge in [-0.3, -0.25) is 9.48 Å². The van der Waals surface area contributed by atoms with Crippen LogP contribution in [0.2, 0.25) is 0 Å². The van der Waals surface area contributed by atoms with Gasteiger partial charge in [0.15, 0.2) is 11.6 Å². The fourth-order valence-electron chi connectivity index (χ4n) is 4.40. The van der Waals surface area contributed by atoms with E-state index in [1.165, 1.54) is 48.5 Å². The molecule has 0 fully saturated rings. The first-order valence-corrected chi connectivity index (χ1v) is 11.5. The van der Waals surface area contributed by atoms with Crippen molar-refractivity contribution in [3.05, 3.63) is 65.6 Å². The molecule has 0 aliphatic heterocycles. The number of anilines is 1. The van der Waals surface area contributed by atoms with Crippen molar-refractivity contribution in [1.29, 1.82) is 5.41 Å². The molecule has 1 amide bonds. The van der Waals surface area contributed by atoms with E-state index >= 15 is 4.39 Å². The minimum Gasteiger partial charge on any atom is -0.496 e. The Morgan fingerprint density at radius 1 is 1.28 bits per heavy atom. The number of halogens is 2. The third kappa shape index (κ3) is 4.66. The lowest BCUT2D eigenvalue weighted by Crippen LogP contribution is -2.17. The Balaban J connectivity index is 1.76. The zero-order valence-corrected chi connectivity index (χ0v) is 20.2. The molecule has 0 aliphatic rings. The summed E-state index contributed by atoms with van der Waals surface area (Å²) in [6.07, 6.45) is 6.20. The Bertz CT molecular complexity index is 1440. The van der Waals surface area contributed by atoms with E-state index in [4.69, 9.17) is 10.1 Å². The Labute approximate surface area is 206 Å². The van der Waals surface area contributed by atoms with Crippen molar-refractivity contribution in [3.63, 3.8) is 0 Å². The van der Waals surface area contributed by atoms with Gasteiger partial charge in [0.2, 0.25) is 0 Å². The van der Waals surface area contributed by atoms with Gasteiger partial charge in [-0.15, -0.1) is 0 Å². The molecule has 0 saturated heterocycles. The van der Waals surface area contributed by atoms with Crippen molar-refractivity contribution in [3.8, 4) is 17.1 Å². The predicted molar refractivity (Wildman–Crippen MR) is 134 cm³/mol. The number of carbonyl (C=O) groups excluding carboxylic acids is 1. The minimum absolute atomic E-state index is 0.0101. The van der Waals surface area contributed by atoms with Crippen molar-refractivity contribution < 1.29 is 18.3 Å². The van der Waals surface area contributed by atoms with Crippen molar-refractivity contribution in [1.82, 2.24) is 19.7 Å². The van der Waals surface area contributed by atoms with Crippen LogP contribution in [0.4, 0.5) is 14.5 Å². The minimum atomic E-state index is -0.597. The fourth-order valence-corrected chi connectivity index (χ4v) is 4.40. The van der Waals surface area contributed by atoms with Crippen LogP contribution >= 0.6 is 0 Å². The van der Waals surface area contributed by atoms with E-state index in [-0.39, 0.29) is 28.7 Å². The van der Waals surface area contributed by atoms with Gasteiger partial charge in [-0.05, 0) is 61.2 Å². The molecule has 2 heterocycles. The van der Waals surface area contributed by atoms with Gasteiger partial charge in [0.1, 0.15) is 22.8 Å². The number of nitrogens with zero attached hydrogens (tertiary/aromatic N) is 4. The van der Waals surface area contributed by atoms with Crippen LogP contribution in [0.25, 0.3) is 22.3 Å². The lowest BCUT2D eigenvalue weighted by Gasteiger charge is -2.21. The summed E-state index contributed by atoms with van der Waals surface area (Å²) >= 11 is 0. The van der Waals surface area contributed by atoms with E-state index in [2.05, 4.69) is 20.4 Å². The van der Waals surface area contributed by atoms with Gasteiger partial charge in [-0.2, -0.15) is 5.10 Å². The lowest BCUT2D eigenvalue weighted by molar-refractivity contribution is 0.102. The topological polar surface area (TPSA) is 106 Å². The fraction of sp³-hybridized carbons (Fsp3) is 0.269. The zero-order valence-electron chi connectivity index (χ0n) is 20.2. The summed E-state index contributed by atoms with van der Waals surface area (Å²) in [7, 11) is 3.06. The molecule has 4 aromatic rings. The van der Waals surface area contributed by atoms with Crippen LogP contribution in [0.5, 0.6) is 5.75 Å². The molecule has 0 radical (unpaired) electrons. The molecule has 2 aromatic heterocycles. The molecule has 0 aliphatic carbocycles. The van der Waals surface area contributed by atoms with E-state index < -0.39 is 17.5 Å². The number of nitrogens with one attached hydrogen (secondary N) is 2. The van der Waals surface area contributed by atoms with Gasteiger partial charge in [-0.1, -0.05) is 13.0 Å². The predicted octanol–water partition coefficient (Wildman–Crippen LogP) is 5.49. The average Bonchev–Trinajstić information content (AvgIpc) is 3.27. The van der Waals surface area contributed by atoms with E-state index in [1.54, 1.807) is 19.3 Å². The molecule has 0 saturated carbocycles. The number of methoxy groups -OCH3 is 1. The standard InChI is InChI=1S/C26H26F2N6O2/c1-4-15(7-6-11-29)22-16-14-31-34(2)24(16)18(28)13-20(22)33-26(35)19-10-12-30-25(32-19)23-17(27)8-5-9-21(23)36-3/h5,8-15,29H,4,6-7H2,1-3H3,(H,33,35). The highest BCUT2D eigenvalue weighted by Crippen LogP contribution is 2.38. The summed E-state index contributed by atoms with van der Waals surface area (Å²) in [4.78, 5) is 21.6. The van der Waals surface area contributed by atoms with Gasteiger partial charge in [-0.25, -0.2) is 18.7 Å². The summed E-state index contributed by atoms with van der Waals surface area (Å²) in [5.74, 6) is -1.53. The number of aromatic nitrogens is 4. The second-order valence-electron chi connectivity index (χ2n) is 8.27. The van der Waals surface area contributed by atoms with Gasteiger partial charge < -0.3 is 15.5 Å². The maximum atomic E-state index is 15.1. The van der Waals surface area contributed by atoms with Crippen molar-refractivity contribution >= 4 is 28.7 Å². The van der Waals surface area contributed by atoms with Gasteiger partial charge in [0, 0.05) is 24.3 Å². The first-order valence-electron chi connectivity index (χ1n) is 11.5. The molecule has 36 heavy (non-hydrogen) atoms. The zero-order chi connectivity index (χ0) is 25.8. The number of hydrogen-bond donors (Lipinski definition) is 2. The molecular weight excluding hydrogens is 466 g/mol. The van der Waals surface area contributed by atoms with Crippen LogP contribution in [0.3, 0.4) is 0 Å². The van der Waals surface area contributed by atoms with Gasteiger partial charge >= 0.3 is 0 Å². The molecule has 2 N–H and O–H groups in total. The Morgan fingerprint density at radius 3 is 2.81 bits per heavy atom. The molecule has 4 rings (SSSR count). The van der Waals surface area contributed by atoms with E-state index in [0.29, 0.717) is 29.4 Å². The number of rotatable bonds is 9. The maximum Gasteiger partial charge on any atom is 0.274 e. The number of carbonyl (C=O) groups is 1. The number of benzene rings is 2. The Morgan fingerprint density at radius 2 is 2.08 bits per heavy atom. The number of ether oxygens (including phenoxy) is 1. The van der Waals surface area contributed by atoms with Gasteiger partial charge in [0.25, 0.3) is 5.91 Å². The monoisotopic (exact) mass is 492 g/mol. The third-order valence-corrected chi connectivity index (χ3v) is 6.13. The van der Waals surface area contributed by atoms with Crippen molar-refractivity contribution in [2.75, 3.05) is 12.4 Å². The molecule has 10 heteroatoms. The maximum absolute atomic E-state index is 15.1. The normalized spacial score (nSPS) is 11.9. The van der Waals surface area contributed by atoms with Crippen molar-refractivity contribution in [2.45, 2.75) is 32.1 Å². The number of fused-ring (bicyclic) bond motifs is 1. The number of amides is 1. The second-order valence-corrected chi connectivity index (χ2v) is 8.27. The molecule has 1 unspecified atom stereocenters. The second kappa shape index (κ2) is 10.6. The molecule has 8 nitrogen and oxygen atoms in total. The molecule has 0 spiro atoms. The number of hydrogen-bond acceptors (Lipinski definition) is 6. The number of aryl methyl sites for hydroxylation is 1. The van der Waals surface area contributed by atoms with E-state index in [0.717, 1.165) is 12.0 Å². The average molecular weight is 493 g/mol. The molecular formula is C26H26F2N6O2. The van der Waals surface area contributed by atoms with Crippen LogP contribution in [0.1, 0.15) is 48.2 Å². The highest BCUT2D eigenvalue weighted by molar-refractivity contribution is 6.05. The molecule has 2 aromatic carbocycles. The van der Waals surface area contributed by atoms with Crippen LogP contribution in [0.15, 0.2) is 42.7 Å². The van der Waals surface area contributed by atoms with E-state index in [9.17, 15) is 9.18 Å². The van der Waals surface area contributed by atoms with Crippen LogP contribution in [-0.4, -0.2) is 39.0 Å². The smallest absolute Gasteiger partial charge is 0.274 e. The highest BCUT2D eigenvalue weighted by atomic mass is 19.1. The third-order valence-electron chi connectivity index (χ3n) is 6.13. The van der Waals surface area contributed by atoms with Crippen LogP contribution in [0, 0.1) is 17.0 Å². The molecule has 186 valence electrons. The molecule has 0 bridgehead atoms. The SMILES string of the molecule is CCC(CCC=N)c1c(NC(=O)c2ccnc(-c3c(F)cccc3OC)n2)cc(F)c2c1cnn2C. The summed E-state index contributed by atoms with van der Waals surface area (Å²) in [5, 5.41) is 15.0. The summed E-state index contributed by atoms with van der Waals surface area (Å²) in [6, 6.07) is 7.02. The first-order chi connectivity index (χ1) is 17.4. The highest BCUT2D eigenvalue weighted by Gasteiger charge is 2.24. The quantitative estimate of drug-likeness (QED) is 0.301. The Kier molecular flexibility index (Phi) is 7.33.